The number of hydrogen-bond donors (Lipinski definition) is 0. The molecule has 0 fully saturated rings. The lowest BCUT2D eigenvalue weighted by Gasteiger charge is -2.11. The van der Waals surface area contributed by atoms with Crippen LogP contribution in [-0.2, 0) is 4.79 Å². The molecule has 0 N–H and O–H groups in total. The van der Waals surface area contributed by atoms with Gasteiger partial charge in [-0.05, 0) is 12.3 Å². The predicted octanol–water partition coefficient (Wildman–Crippen LogP) is 9.42. The van der Waals surface area contributed by atoms with E-state index >= 15 is 0 Å². The van der Waals surface area contributed by atoms with Gasteiger partial charge in [-0.3, -0.25) is 0 Å². The summed E-state index contributed by atoms with van der Waals surface area (Å²) in [6, 6.07) is 0. The monoisotopic (exact) mass is 380 g/mol. The highest BCUT2D eigenvalue weighted by Crippen LogP contribution is 2.19. The second kappa shape index (κ2) is 23.7. The highest BCUT2D eigenvalue weighted by atomic mass is 16.1. The molecule has 0 amide bonds. The van der Waals surface area contributed by atoms with Crippen molar-refractivity contribution in [2.24, 2.45) is 5.92 Å². The van der Waals surface area contributed by atoms with Gasteiger partial charge < -0.3 is 4.79 Å². The van der Waals surface area contributed by atoms with Crippen molar-refractivity contribution in [3.63, 3.8) is 0 Å². The fourth-order valence-electron chi connectivity index (χ4n) is 4.08. The van der Waals surface area contributed by atoms with E-state index in [4.69, 9.17) is 0 Å². The molecule has 0 rings (SSSR count). The minimum absolute atomic E-state index is 0.762. The van der Waals surface area contributed by atoms with Gasteiger partial charge in [0.25, 0.3) is 0 Å². The third kappa shape index (κ3) is 23.6. The van der Waals surface area contributed by atoms with E-state index in [1.54, 1.807) is 0 Å². The lowest BCUT2D eigenvalue weighted by Crippen LogP contribution is -1.95. The molecule has 0 aliphatic rings. The van der Waals surface area contributed by atoms with E-state index < -0.39 is 0 Å². The molecule has 1 heteroatoms. The first kappa shape index (κ1) is 26.7. The zero-order chi connectivity index (χ0) is 19.8. The Labute approximate surface area is 172 Å². The van der Waals surface area contributed by atoms with Crippen molar-refractivity contribution >= 4 is 6.29 Å². The quantitative estimate of drug-likeness (QED) is 0.127. The summed E-state index contributed by atoms with van der Waals surface area (Å²) >= 11 is 0. The molecule has 1 atom stereocenters. The summed E-state index contributed by atoms with van der Waals surface area (Å²) in [5.74, 6) is 0.948. The van der Waals surface area contributed by atoms with Crippen molar-refractivity contribution in [1.29, 1.82) is 0 Å². The van der Waals surface area contributed by atoms with E-state index in [-0.39, 0.29) is 0 Å². The van der Waals surface area contributed by atoms with Crippen molar-refractivity contribution in [1.82, 2.24) is 0 Å². The number of carbonyl (C=O) groups excluding carboxylic acids is 1. The van der Waals surface area contributed by atoms with Crippen LogP contribution in [0.25, 0.3) is 0 Å². The fraction of sp³-hybridized carbons (Fsp3) is 0.962. The molecular weight excluding hydrogens is 328 g/mol. The molecule has 27 heavy (non-hydrogen) atoms. The van der Waals surface area contributed by atoms with E-state index in [0.717, 1.165) is 25.0 Å². The van der Waals surface area contributed by atoms with Crippen molar-refractivity contribution in [2.45, 2.75) is 155 Å². The Balaban J connectivity index is 3.12. The molecule has 0 saturated carbocycles. The summed E-state index contributed by atoms with van der Waals surface area (Å²) in [7, 11) is 0. The van der Waals surface area contributed by atoms with Crippen molar-refractivity contribution in [3.8, 4) is 0 Å². The molecular formula is C26H52O. The molecule has 0 aliphatic carbocycles. The van der Waals surface area contributed by atoms with Crippen molar-refractivity contribution < 1.29 is 4.79 Å². The Morgan fingerprint density at radius 2 is 0.852 bits per heavy atom. The van der Waals surface area contributed by atoms with Crippen LogP contribution >= 0.6 is 0 Å². The Morgan fingerprint density at radius 3 is 1.22 bits per heavy atom. The lowest BCUT2D eigenvalue weighted by molar-refractivity contribution is -0.107. The van der Waals surface area contributed by atoms with Crippen molar-refractivity contribution in [2.75, 3.05) is 0 Å². The van der Waals surface area contributed by atoms with Crippen LogP contribution in [0.4, 0.5) is 0 Å². The van der Waals surface area contributed by atoms with Gasteiger partial charge in [0.2, 0.25) is 0 Å². The van der Waals surface area contributed by atoms with Crippen molar-refractivity contribution in [3.05, 3.63) is 0 Å². The maximum Gasteiger partial charge on any atom is 0.119 e. The van der Waals surface area contributed by atoms with E-state index in [9.17, 15) is 4.79 Å². The molecule has 0 aromatic rings. The summed E-state index contributed by atoms with van der Waals surface area (Å²) < 4.78 is 0. The van der Waals surface area contributed by atoms with E-state index in [0.29, 0.717) is 0 Å². The van der Waals surface area contributed by atoms with Crippen LogP contribution in [0.3, 0.4) is 0 Å². The van der Waals surface area contributed by atoms with Gasteiger partial charge in [-0.25, -0.2) is 0 Å². The molecule has 1 nitrogen and oxygen atoms in total. The number of hydrogen-bond acceptors (Lipinski definition) is 1. The van der Waals surface area contributed by atoms with Gasteiger partial charge in [0.05, 0.1) is 0 Å². The van der Waals surface area contributed by atoms with Gasteiger partial charge in [-0.15, -0.1) is 0 Å². The molecule has 0 unspecified atom stereocenters. The molecule has 0 saturated heterocycles. The summed E-state index contributed by atoms with van der Waals surface area (Å²) in [5, 5.41) is 0. The molecule has 0 aromatic carbocycles. The average Bonchev–Trinajstić information content (AvgIpc) is 2.67. The van der Waals surface area contributed by atoms with Gasteiger partial charge in [-0.2, -0.15) is 0 Å². The second-order valence-electron chi connectivity index (χ2n) is 9.00. The molecule has 0 aliphatic heterocycles. The topological polar surface area (TPSA) is 17.1 Å². The zero-order valence-corrected chi connectivity index (χ0v) is 19.1. The third-order valence-corrected chi connectivity index (χ3v) is 6.07. The summed E-state index contributed by atoms with van der Waals surface area (Å²) in [4.78, 5) is 10.2. The smallest absolute Gasteiger partial charge is 0.119 e. The Hall–Kier alpha value is -0.330. The largest absolute Gasteiger partial charge is 0.303 e. The van der Waals surface area contributed by atoms with Gasteiger partial charge >= 0.3 is 0 Å². The van der Waals surface area contributed by atoms with Crippen LogP contribution in [0, 0.1) is 5.92 Å². The Morgan fingerprint density at radius 1 is 0.519 bits per heavy atom. The minimum atomic E-state index is 0.762. The lowest BCUT2D eigenvalue weighted by atomic mass is 9.95. The minimum Gasteiger partial charge on any atom is -0.303 e. The highest BCUT2D eigenvalue weighted by Gasteiger charge is 2.02. The van der Waals surface area contributed by atoms with Crippen LogP contribution < -0.4 is 0 Å². The molecule has 0 spiro atoms. The predicted molar refractivity (Wildman–Crippen MR) is 122 cm³/mol. The first-order chi connectivity index (χ1) is 13.3. The molecule has 0 aromatic heterocycles. The molecule has 0 radical (unpaired) electrons. The second-order valence-corrected chi connectivity index (χ2v) is 9.00. The number of unbranched alkanes of at least 4 members (excludes halogenated alkanes) is 18. The maximum absolute atomic E-state index is 10.2. The standard InChI is InChI=1S/C26H52O/c1-3-4-5-6-7-14-17-20-23-26(2)24-21-18-15-12-10-8-9-11-13-16-19-22-25-27/h25-26H,3-24H2,1-2H3/t26-/m1/s1. The maximum atomic E-state index is 10.2. The molecule has 0 heterocycles. The average molecular weight is 381 g/mol. The van der Waals surface area contributed by atoms with Gasteiger partial charge in [0, 0.05) is 6.42 Å². The van der Waals surface area contributed by atoms with Crippen LogP contribution in [0.15, 0.2) is 0 Å². The summed E-state index contributed by atoms with van der Waals surface area (Å²) in [6.07, 6.45) is 31.4. The Bertz CT molecular complexity index is 273. The summed E-state index contributed by atoms with van der Waals surface area (Å²) in [5.41, 5.74) is 0. The molecule has 0 bridgehead atoms. The molecule has 162 valence electrons. The van der Waals surface area contributed by atoms with Crippen LogP contribution in [0.2, 0.25) is 0 Å². The van der Waals surface area contributed by atoms with Gasteiger partial charge in [-0.1, -0.05) is 142 Å². The first-order valence-electron chi connectivity index (χ1n) is 12.7. The normalized spacial score (nSPS) is 12.4. The first-order valence-corrected chi connectivity index (χ1v) is 12.7. The SMILES string of the molecule is CCCCCCCCCC[C@@H](C)CCCCCCCCCCCCCC=O. The zero-order valence-electron chi connectivity index (χ0n) is 19.1. The number of carbonyl (C=O) groups is 1. The van der Waals surface area contributed by atoms with Crippen LogP contribution in [-0.4, -0.2) is 6.29 Å². The van der Waals surface area contributed by atoms with E-state index in [1.807, 2.05) is 0 Å². The number of aldehydes is 1. The Kier molecular flexibility index (Phi) is 23.4. The van der Waals surface area contributed by atoms with E-state index in [2.05, 4.69) is 13.8 Å². The fourth-order valence-corrected chi connectivity index (χ4v) is 4.08. The van der Waals surface area contributed by atoms with Gasteiger partial charge in [0.1, 0.15) is 6.29 Å². The number of rotatable bonds is 23. The highest BCUT2D eigenvalue weighted by molar-refractivity contribution is 5.48. The third-order valence-electron chi connectivity index (χ3n) is 6.07. The summed E-state index contributed by atoms with van der Waals surface area (Å²) in [6.45, 7) is 4.76. The van der Waals surface area contributed by atoms with Crippen LogP contribution in [0.5, 0.6) is 0 Å². The van der Waals surface area contributed by atoms with Gasteiger partial charge in [0.15, 0.2) is 0 Å². The van der Waals surface area contributed by atoms with Crippen LogP contribution in [0.1, 0.15) is 155 Å². The van der Waals surface area contributed by atoms with E-state index in [1.165, 1.54) is 128 Å².